The van der Waals surface area contributed by atoms with Gasteiger partial charge in [0.2, 0.25) is 5.91 Å². The zero-order valence-corrected chi connectivity index (χ0v) is 13.9. The summed E-state index contributed by atoms with van der Waals surface area (Å²) in [7, 11) is 0. The molecule has 1 heterocycles. The summed E-state index contributed by atoms with van der Waals surface area (Å²) < 4.78 is 31.9. The van der Waals surface area contributed by atoms with E-state index in [1.54, 1.807) is 0 Å². The summed E-state index contributed by atoms with van der Waals surface area (Å²) >= 11 is 0. The van der Waals surface area contributed by atoms with Crippen molar-refractivity contribution in [1.29, 1.82) is 0 Å². The van der Waals surface area contributed by atoms with Gasteiger partial charge < -0.3 is 26.0 Å². The molecular weight excluding hydrogens is 334 g/mol. The first kappa shape index (κ1) is 19.2. The van der Waals surface area contributed by atoms with Crippen LogP contribution in [0.2, 0.25) is 0 Å². The Balaban J connectivity index is 2.23. The lowest BCUT2D eigenvalue weighted by Crippen LogP contribution is -2.45. The molecule has 2 rings (SSSR count). The second kappa shape index (κ2) is 8.84. The number of rotatable bonds is 7. The maximum atomic E-state index is 13.5. The van der Waals surface area contributed by atoms with Crippen LogP contribution < -0.4 is 21.3 Å². The molecule has 0 unspecified atom stereocenters. The van der Waals surface area contributed by atoms with E-state index in [4.69, 9.17) is 10.5 Å². The number of anilines is 2. The number of carbonyl (C=O) groups is 2. The number of nitrogens with zero attached hydrogens (tertiary/aromatic N) is 1. The number of benzene rings is 1. The van der Waals surface area contributed by atoms with Crippen molar-refractivity contribution in [3.8, 4) is 0 Å². The topological polar surface area (TPSA) is 96.7 Å². The Morgan fingerprint density at radius 2 is 2.20 bits per heavy atom. The van der Waals surface area contributed by atoms with E-state index in [-0.39, 0.29) is 49.1 Å². The first-order valence-corrected chi connectivity index (χ1v) is 8.02. The summed E-state index contributed by atoms with van der Waals surface area (Å²) in [5.41, 5.74) is 5.56. The van der Waals surface area contributed by atoms with Crippen molar-refractivity contribution in [2.75, 3.05) is 43.1 Å². The quantitative estimate of drug-likeness (QED) is 0.673. The standard InChI is InChI=1S/C16H22F2N4O3/c1-2-20-12(8-19)16(24)21-10-3-4-13(11(7-10)15(17)18)22-5-6-25-9-14(22)23/h3-4,7,12,15,20H,2,5-6,8-9,19H2,1H3,(H,21,24)/t12-/m0/s1. The fraction of sp³-hybridized carbons (Fsp3) is 0.500. The SMILES string of the molecule is CCN[C@@H](CN)C(=O)Nc1ccc(N2CCOCC2=O)c(C(F)F)c1. The fourth-order valence-corrected chi connectivity index (χ4v) is 2.58. The number of nitrogens with one attached hydrogen (secondary N) is 2. The zero-order valence-electron chi connectivity index (χ0n) is 13.9. The summed E-state index contributed by atoms with van der Waals surface area (Å²) in [6.07, 6.45) is -2.79. The molecule has 138 valence electrons. The first-order chi connectivity index (χ1) is 12.0. The second-order valence-corrected chi connectivity index (χ2v) is 5.51. The molecule has 25 heavy (non-hydrogen) atoms. The van der Waals surface area contributed by atoms with Crippen LogP contribution in [0.4, 0.5) is 20.2 Å². The predicted molar refractivity (Wildman–Crippen MR) is 89.7 cm³/mol. The van der Waals surface area contributed by atoms with Crippen LogP contribution in [0.1, 0.15) is 18.9 Å². The number of halogens is 2. The second-order valence-electron chi connectivity index (χ2n) is 5.51. The van der Waals surface area contributed by atoms with Crippen LogP contribution in [-0.4, -0.2) is 50.7 Å². The van der Waals surface area contributed by atoms with Crippen LogP contribution >= 0.6 is 0 Å². The molecule has 7 nitrogen and oxygen atoms in total. The van der Waals surface area contributed by atoms with Crippen LogP contribution in [0.5, 0.6) is 0 Å². The monoisotopic (exact) mass is 356 g/mol. The molecule has 0 bridgehead atoms. The first-order valence-electron chi connectivity index (χ1n) is 8.02. The highest BCUT2D eigenvalue weighted by molar-refractivity contribution is 5.97. The maximum Gasteiger partial charge on any atom is 0.265 e. The number of nitrogens with two attached hydrogens (primary N) is 1. The number of alkyl halides is 2. The van der Waals surface area contributed by atoms with E-state index in [0.29, 0.717) is 6.54 Å². The van der Waals surface area contributed by atoms with Crippen LogP contribution in [-0.2, 0) is 14.3 Å². The summed E-state index contributed by atoms with van der Waals surface area (Å²) in [6, 6.07) is 3.47. The van der Waals surface area contributed by atoms with Crippen LogP contribution in [0.3, 0.4) is 0 Å². The lowest BCUT2D eigenvalue weighted by atomic mass is 10.1. The van der Waals surface area contributed by atoms with Crippen LogP contribution in [0.25, 0.3) is 0 Å². The van der Waals surface area contributed by atoms with E-state index in [9.17, 15) is 18.4 Å². The Morgan fingerprint density at radius 1 is 1.44 bits per heavy atom. The zero-order chi connectivity index (χ0) is 18.4. The maximum absolute atomic E-state index is 13.5. The van der Waals surface area contributed by atoms with E-state index < -0.39 is 18.4 Å². The van der Waals surface area contributed by atoms with Gasteiger partial charge in [0.1, 0.15) is 6.61 Å². The Kier molecular flexibility index (Phi) is 6.80. The Morgan fingerprint density at radius 3 is 2.80 bits per heavy atom. The molecule has 0 spiro atoms. The van der Waals surface area contributed by atoms with Gasteiger partial charge in [0.15, 0.2) is 0 Å². The molecule has 0 aromatic heterocycles. The number of likely N-dealkylation sites (N-methyl/N-ethyl adjacent to an activating group) is 1. The minimum absolute atomic E-state index is 0.0851. The number of hydrogen-bond acceptors (Lipinski definition) is 5. The van der Waals surface area contributed by atoms with Gasteiger partial charge in [-0.3, -0.25) is 9.59 Å². The molecule has 1 fully saturated rings. The smallest absolute Gasteiger partial charge is 0.265 e. The van der Waals surface area contributed by atoms with Gasteiger partial charge in [0.05, 0.1) is 18.3 Å². The van der Waals surface area contributed by atoms with Crippen molar-refractivity contribution in [2.24, 2.45) is 5.73 Å². The van der Waals surface area contributed by atoms with Gasteiger partial charge in [-0.15, -0.1) is 0 Å². The van der Waals surface area contributed by atoms with Gasteiger partial charge in [-0.05, 0) is 24.7 Å². The van der Waals surface area contributed by atoms with Gasteiger partial charge in [-0.1, -0.05) is 6.92 Å². The average molecular weight is 356 g/mol. The van der Waals surface area contributed by atoms with Crippen LogP contribution in [0.15, 0.2) is 18.2 Å². The van der Waals surface area contributed by atoms with Crippen molar-refractivity contribution < 1.29 is 23.1 Å². The highest BCUT2D eigenvalue weighted by Gasteiger charge is 2.26. The third-order valence-electron chi connectivity index (χ3n) is 3.81. The van der Waals surface area contributed by atoms with Crippen molar-refractivity contribution in [2.45, 2.75) is 19.4 Å². The van der Waals surface area contributed by atoms with E-state index in [1.165, 1.54) is 23.1 Å². The van der Waals surface area contributed by atoms with Crippen molar-refractivity contribution in [1.82, 2.24) is 5.32 Å². The van der Waals surface area contributed by atoms with E-state index >= 15 is 0 Å². The molecule has 1 atom stereocenters. The summed E-state index contributed by atoms with van der Waals surface area (Å²) in [6.45, 7) is 2.83. The summed E-state index contributed by atoms with van der Waals surface area (Å²) in [5.74, 6) is -0.778. The number of carbonyl (C=O) groups excluding carboxylic acids is 2. The number of morpholine rings is 1. The number of amides is 2. The molecule has 1 aliphatic heterocycles. The fourth-order valence-electron chi connectivity index (χ4n) is 2.58. The van der Waals surface area contributed by atoms with Gasteiger partial charge >= 0.3 is 0 Å². The largest absolute Gasteiger partial charge is 0.370 e. The van der Waals surface area contributed by atoms with E-state index in [0.717, 1.165) is 0 Å². The lowest BCUT2D eigenvalue weighted by Gasteiger charge is -2.29. The highest BCUT2D eigenvalue weighted by atomic mass is 19.3. The third-order valence-corrected chi connectivity index (χ3v) is 3.81. The van der Waals surface area contributed by atoms with Gasteiger partial charge in [0.25, 0.3) is 12.3 Å². The van der Waals surface area contributed by atoms with Crippen molar-refractivity contribution >= 4 is 23.2 Å². The molecule has 2 amide bonds. The van der Waals surface area contributed by atoms with E-state index in [2.05, 4.69) is 10.6 Å². The molecule has 1 aromatic carbocycles. The molecule has 9 heteroatoms. The molecule has 1 aliphatic rings. The molecule has 0 saturated carbocycles. The van der Waals surface area contributed by atoms with Gasteiger partial charge in [-0.2, -0.15) is 0 Å². The normalized spacial score (nSPS) is 16.2. The predicted octanol–water partition coefficient (Wildman–Crippen LogP) is 0.863. The molecule has 1 saturated heterocycles. The lowest BCUT2D eigenvalue weighted by molar-refractivity contribution is -0.125. The summed E-state index contributed by atoms with van der Waals surface area (Å²) in [5, 5.41) is 5.48. The van der Waals surface area contributed by atoms with E-state index in [1.807, 2.05) is 6.92 Å². The number of ether oxygens (including phenoxy) is 1. The van der Waals surface area contributed by atoms with Crippen LogP contribution in [0, 0.1) is 0 Å². The molecule has 0 aliphatic carbocycles. The Labute approximate surface area is 144 Å². The highest BCUT2D eigenvalue weighted by Crippen LogP contribution is 2.33. The average Bonchev–Trinajstić information content (AvgIpc) is 2.60. The third kappa shape index (κ3) is 4.71. The van der Waals surface area contributed by atoms with Gasteiger partial charge in [-0.25, -0.2) is 8.78 Å². The molecular formula is C16H22F2N4O3. The molecule has 0 radical (unpaired) electrons. The van der Waals surface area contributed by atoms with Gasteiger partial charge in [0, 0.05) is 24.3 Å². The molecule has 4 N–H and O–H groups in total. The Hall–Kier alpha value is -2.10. The summed E-state index contributed by atoms with van der Waals surface area (Å²) in [4.78, 5) is 25.3. The Bertz CT molecular complexity index is 627. The molecule has 1 aromatic rings. The minimum Gasteiger partial charge on any atom is -0.370 e. The van der Waals surface area contributed by atoms with Crippen molar-refractivity contribution in [3.05, 3.63) is 23.8 Å². The van der Waals surface area contributed by atoms with Crippen molar-refractivity contribution in [3.63, 3.8) is 0 Å². The minimum atomic E-state index is -2.79. The number of hydrogen-bond donors (Lipinski definition) is 3.